The Morgan fingerprint density at radius 3 is 2.16 bits per heavy atom. The van der Waals surface area contributed by atoms with Crippen LogP contribution in [0.5, 0.6) is 5.75 Å². The normalized spacial score (nSPS) is 15.9. The van der Waals surface area contributed by atoms with E-state index in [2.05, 4.69) is 0 Å². The first kappa shape index (κ1) is 21.4. The molecule has 0 radical (unpaired) electrons. The van der Waals surface area contributed by atoms with E-state index in [0.717, 1.165) is 41.8 Å². The number of anilines is 2. The van der Waals surface area contributed by atoms with Gasteiger partial charge in [0.2, 0.25) is 5.91 Å². The fraction of sp³-hybridized carbons (Fsp3) is 0.231. The first-order chi connectivity index (χ1) is 15.6. The molecule has 0 saturated heterocycles. The van der Waals surface area contributed by atoms with E-state index in [9.17, 15) is 9.59 Å². The van der Waals surface area contributed by atoms with Gasteiger partial charge in [-0.15, -0.1) is 0 Å². The van der Waals surface area contributed by atoms with Gasteiger partial charge in [-0.05, 0) is 60.7 Å². The molecule has 1 amide bonds. The van der Waals surface area contributed by atoms with Gasteiger partial charge >= 0.3 is 5.97 Å². The zero-order chi connectivity index (χ0) is 22.5. The van der Waals surface area contributed by atoms with Gasteiger partial charge in [-0.25, -0.2) is 4.79 Å². The molecule has 3 aromatic rings. The van der Waals surface area contributed by atoms with E-state index in [4.69, 9.17) is 15.6 Å². The minimum atomic E-state index is -1.02. The third kappa shape index (κ3) is 4.44. The molecule has 0 saturated carbocycles. The highest BCUT2D eigenvalue weighted by Crippen LogP contribution is 2.42. The van der Waals surface area contributed by atoms with E-state index < -0.39 is 24.5 Å². The van der Waals surface area contributed by atoms with Gasteiger partial charge in [0.25, 0.3) is 0 Å². The van der Waals surface area contributed by atoms with Crippen LogP contribution in [-0.2, 0) is 16.0 Å². The smallest absolute Gasteiger partial charge is 0.341 e. The first-order valence-corrected chi connectivity index (χ1v) is 10.7. The van der Waals surface area contributed by atoms with Crippen LogP contribution in [0.25, 0.3) is 0 Å². The number of carbonyl (C=O) groups excluding carboxylic acids is 1. The Morgan fingerprint density at radius 1 is 0.969 bits per heavy atom. The van der Waals surface area contributed by atoms with Gasteiger partial charge in [-0.2, -0.15) is 0 Å². The number of ether oxygens (including phenoxy) is 1. The first-order valence-electron chi connectivity index (χ1n) is 10.7. The van der Waals surface area contributed by atoms with E-state index >= 15 is 0 Å². The lowest BCUT2D eigenvalue weighted by Crippen LogP contribution is -2.47. The van der Waals surface area contributed by atoms with Crippen LogP contribution in [0.3, 0.4) is 0 Å². The molecular formula is C26H26N2O4. The van der Waals surface area contributed by atoms with E-state index in [-0.39, 0.29) is 5.92 Å². The van der Waals surface area contributed by atoms with Crippen molar-refractivity contribution in [2.75, 3.05) is 11.5 Å². The van der Waals surface area contributed by atoms with E-state index in [1.807, 2.05) is 77.7 Å². The summed E-state index contributed by atoms with van der Waals surface area (Å²) in [5, 5.41) is 9.02. The highest BCUT2D eigenvalue weighted by atomic mass is 16.5. The SMILES string of the molecule is NC(=O)C(C1CCCc2c(OCC(=O)O)cccc21)N(c1ccccc1)c1ccccc1. The second-order valence-electron chi connectivity index (χ2n) is 7.89. The molecular weight excluding hydrogens is 404 g/mol. The van der Waals surface area contributed by atoms with E-state index in [0.29, 0.717) is 5.75 Å². The fourth-order valence-corrected chi connectivity index (χ4v) is 4.61. The average molecular weight is 431 g/mol. The second-order valence-corrected chi connectivity index (χ2v) is 7.89. The molecule has 3 N–H and O–H groups in total. The van der Waals surface area contributed by atoms with E-state index in [1.165, 1.54) is 0 Å². The number of nitrogens with zero attached hydrogens (tertiary/aromatic N) is 1. The van der Waals surface area contributed by atoms with Crippen LogP contribution in [0, 0.1) is 0 Å². The molecule has 164 valence electrons. The van der Waals surface area contributed by atoms with Crippen molar-refractivity contribution in [3.63, 3.8) is 0 Å². The van der Waals surface area contributed by atoms with Gasteiger partial charge < -0.3 is 20.5 Å². The summed E-state index contributed by atoms with van der Waals surface area (Å²) in [5.41, 5.74) is 9.75. The molecule has 32 heavy (non-hydrogen) atoms. The van der Waals surface area contributed by atoms with Crippen molar-refractivity contribution in [1.82, 2.24) is 0 Å². The Bertz CT molecular complexity index is 1050. The molecule has 0 fully saturated rings. The molecule has 1 aliphatic rings. The Labute approximate surface area is 187 Å². The lowest BCUT2D eigenvalue weighted by Gasteiger charge is -2.39. The predicted molar refractivity (Wildman–Crippen MR) is 123 cm³/mol. The molecule has 0 bridgehead atoms. The maximum Gasteiger partial charge on any atom is 0.341 e. The lowest BCUT2D eigenvalue weighted by molar-refractivity contribution is -0.139. The van der Waals surface area contributed by atoms with Crippen LogP contribution >= 0.6 is 0 Å². The third-order valence-electron chi connectivity index (χ3n) is 5.88. The van der Waals surface area contributed by atoms with Crippen molar-refractivity contribution in [3.05, 3.63) is 90.0 Å². The third-order valence-corrected chi connectivity index (χ3v) is 5.88. The number of benzene rings is 3. The molecule has 0 spiro atoms. The number of rotatable bonds is 8. The monoisotopic (exact) mass is 430 g/mol. The summed E-state index contributed by atoms with van der Waals surface area (Å²) >= 11 is 0. The van der Waals surface area contributed by atoms with Gasteiger partial charge in [0.15, 0.2) is 6.61 Å². The number of amides is 1. The van der Waals surface area contributed by atoms with Crippen molar-refractivity contribution in [2.24, 2.45) is 5.73 Å². The van der Waals surface area contributed by atoms with Crippen molar-refractivity contribution in [2.45, 2.75) is 31.2 Å². The average Bonchev–Trinajstić information content (AvgIpc) is 2.81. The second kappa shape index (κ2) is 9.56. The van der Waals surface area contributed by atoms with Crippen LogP contribution in [0.2, 0.25) is 0 Å². The topological polar surface area (TPSA) is 92.9 Å². The summed E-state index contributed by atoms with van der Waals surface area (Å²) in [6, 6.07) is 24.5. The fourth-order valence-electron chi connectivity index (χ4n) is 4.61. The molecule has 4 rings (SSSR count). The molecule has 0 aliphatic heterocycles. The van der Waals surface area contributed by atoms with Crippen molar-refractivity contribution in [1.29, 1.82) is 0 Å². The molecule has 6 heteroatoms. The number of carboxylic acids is 1. The van der Waals surface area contributed by atoms with Gasteiger partial charge in [-0.1, -0.05) is 48.5 Å². The summed E-state index contributed by atoms with van der Waals surface area (Å²) in [6.07, 6.45) is 2.41. The molecule has 6 nitrogen and oxygen atoms in total. The summed E-state index contributed by atoms with van der Waals surface area (Å²) in [6.45, 7) is -0.402. The van der Waals surface area contributed by atoms with E-state index in [1.54, 1.807) is 6.07 Å². The zero-order valence-corrected chi connectivity index (χ0v) is 17.7. The molecule has 0 aromatic heterocycles. The van der Waals surface area contributed by atoms with Crippen molar-refractivity contribution in [3.8, 4) is 5.75 Å². The molecule has 0 heterocycles. The number of hydrogen-bond acceptors (Lipinski definition) is 4. The Balaban J connectivity index is 1.80. The number of aliphatic carboxylic acids is 1. The van der Waals surface area contributed by atoms with Gasteiger partial charge in [0.1, 0.15) is 11.8 Å². The summed E-state index contributed by atoms with van der Waals surface area (Å²) in [5.74, 6) is -1.04. The zero-order valence-electron chi connectivity index (χ0n) is 17.7. The van der Waals surface area contributed by atoms with Gasteiger partial charge in [0, 0.05) is 17.3 Å². The molecule has 2 unspecified atom stereocenters. The largest absolute Gasteiger partial charge is 0.482 e. The highest BCUT2D eigenvalue weighted by molar-refractivity contribution is 5.88. The predicted octanol–water partition coefficient (Wildman–Crippen LogP) is 4.26. The Hall–Kier alpha value is -3.80. The standard InChI is InChI=1S/C26H26N2O4/c27-26(31)25(28(18-9-3-1-4-10-18)19-11-5-2-6-12-19)22-15-7-14-21-20(22)13-8-16-23(21)32-17-24(29)30/h1-6,8-13,16,22,25H,7,14-15,17H2,(H2,27,31)(H,29,30). The maximum atomic E-state index is 13.0. The number of carboxylic acid groups (broad SMARTS) is 1. The van der Waals surface area contributed by atoms with Gasteiger partial charge in [0.05, 0.1) is 0 Å². The van der Waals surface area contributed by atoms with Crippen LogP contribution in [-0.4, -0.2) is 29.6 Å². The van der Waals surface area contributed by atoms with Crippen LogP contribution in [0.15, 0.2) is 78.9 Å². The van der Waals surface area contributed by atoms with Crippen molar-refractivity contribution < 1.29 is 19.4 Å². The molecule has 1 aliphatic carbocycles. The highest BCUT2D eigenvalue weighted by Gasteiger charge is 2.37. The van der Waals surface area contributed by atoms with Crippen molar-refractivity contribution >= 4 is 23.3 Å². The Morgan fingerprint density at radius 2 is 1.59 bits per heavy atom. The molecule has 2 atom stereocenters. The summed E-state index contributed by atoms with van der Waals surface area (Å²) in [7, 11) is 0. The number of para-hydroxylation sites is 2. The number of fused-ring (bicyclic) bond motifs is 1. The van der Waals surface area contributed by atoms with Crippen LogP contribution in [0.4, 0.5) is 11.4 Å². The lowest BCUT2D eigenvalue weighted by atomic mass is 9.77. The number of primary amides is 1. The van der Waals surface area contributed by atoms with Crippen LogP contribution in [0.1, 0.15) is 29.9 Å². The summed E-state index contributed by atoms with van der Waals surface area (Å²) < 4.78 is 5.55. The molecule has 3 aromatic carbocycles. The number of nitrogens with two attached hydrogens (primary N) is 1. The number of hydrogen-bond donors (Lipinski definition) is 2. The summed E-state index contributed by atoms with van der Waals surface area (Å²) in [4.78, 5) is 26.0. The maximum absolute atomic E-state index is 13.0. The quantitative estimate of drug-likeness (QED) is 0.557. The van der Waals surface area contributed by atoms with Crippen LogP contribution < -0.4 is 15.4 Å². The minimum Gasteiger partial charge on any atom is -0.482 e. The Kier molecular flexibility index (Phi) is 6.40. The van der Waals surface area contributed by atoms with Gasteiger partial charge in [-0.3, -0.25) is 4.79 Å². The minimum absolute atomic E-state index is 0.162. The number of carbonyl (C=O) groups is 2.